The SMILES string of the molecule is CNCCC1CCN(Cc2ccc(F)c(Cl)c2)CC1.Cl. The fourth-order valence-electron chi connectivity index (χ4n) is 2.68. The van der Waals surface area contributed by atoms with Gasteiger partial charge in [-0.05, 0) is 69.6 Å². The summed E-state index contributed by atoms with van der Waals surface area (Å²) in [6.45, 7) is 4.24. The van der Waals surface area contributed by atoms with Crippen molar-refractivity contribution >= 4 is 24.0 Å². The van der Waals surface area contributed by atoms with Crippen molar-refractivity contribution in [3.63, 3.8) is 0 Å². The molecular formula is C15H23Cl2FN2. The van der Waals surface area contributed by atoms with Gasteiger partial charge in [-0.3, -0.25) is 4.90 Å². The van der Waals surface area contributed by atoms with Crippen LogP contribution in [0.3, 0.4) is 0 Å². The van der Waals surface area contributed by atoms with Crippen LogP contribution in [0.1, 0.15) is 24.8 Å². The largest absolute Gasteiger partial charge is 0.320 e. The van der Waals surface area contributed by atoms with E-state index < -0.39 is 0 Å². The number of halogens is 3. The van der Waals surface area contributed by atoms with E-state index in [9.17, 15) is 4.39 Å². The molecular weight excluding hydrogens is 298 g/mol. The molecule has 0 atom stereocenters. The van der Waals surface area contributed by atoms with Gasteiger partial charge in [0, 0.05) is 6.54 Å². The first-order chi connectivity index (χ1) is 9.19. The Balaban J connectivity index is 0.00000200. The minimum Gasteiger partial charge on any atom is -0.320 e. The molecule has 1 aliphatic rings. The number of benzene rings is 1. The minimum absolute atomic E-state index is 0. The van der Waals surface area contributed by atoms with Crippen LogP contribution in [-0.2, 0) is 6.54 Å². The molecule has 114 valence electrons. The van der Waals surface area contributed by atoms with E-state index in [2.05, 4.69) is 10.2 Å². The third kappa shape index (κ3) is 5.21. The number of piperidine rings is 1. The molecule has 0 bridgehead atoms. The Morgan fingerprint density at radius 2 is 2.05 bits per heavy atom. The molecule has 0 saturated carbocycles. The third-order valence-electron chi connectivity index (χ3n) is 3.90. The fraction of sp³-hybridized carbons (Fsp3) is 0.600. The van der Waals surface area contributed by atoms with Crippen molar-refractivity contribution in [1.29, 1.82) is 0 Å². The van der Waals surface area contributed by atoms with Crippen LogP contribution in [0.2, 0.25) is 5.02 Å². The smallest absolute Gasteiger partial charge is 0.141 e. The molecule has 5 heteroatoms. The Kier molecular flexibility index (Phi) is 7.82. The van der Waals surface area contributed by atoms with Crippen molar-refractivity contribution in [2.24, 2.45) is 5.92 Å². The van der Waals surface area contributed by atoms with E-state index in [-0.39, 0.29) is 23.2 Å². The van der Waals surface area contributed by atoms with E-state index in [0.717, 1.165) is 37.7 Å². The summed E-state index contributed by atoms with van der Waals surface area (Å²) in [5.41, 5.74) is 1.10. The summed E-state index contributed by atoms with van der Waals surface area (Å²) in [5, 5.41) is 3.44. The van der Waals surface area contributed by atoms with E-state index >= 15 is 0 Å². The van der Waals surface area contributed by atoms with E-state index in [0.29, 0.717) is 0 Å². The maximum atomic E-state index is 13.1. The summed E-state index contributed by atoms with van der Waals surface area (Å²) < 4.78 is 13.1. The quantitative estimate of drug-likeness (QED) is 0.889. The normalized spacial score (nSPS) is 16.9. The van der Waals surface area contributed by atoms with Gasteiger partial charge in [0.1, 0.15) is 5.82 Å². The molecule has 1 fully saturated rings. The van der Waals surface area contributed by atoms with Gasteiger partial charge in [0.25, 0.3) is 0 Å². The summed E-state index contributed by atoms with van der Waals surface area (Å²) in [5.74, 6) is 0.511. The molecule has 0 amide bonds. The zero-order valence-corrected chi connectivity index (χ0v) is 13.4. The third-order valence-corrected chi connectivity index (χ3v) is 4.19. The standard InChI is InChI=1S/C15H22ClFN2.ClH/c1-18-7-4-12-5-8-19(9-6-12)11-13-2-3-15(17)14(16)10-13;/h2-3,10,12,18H,4-9,11H2,1H3;1H. The molecule has 1 aliphatic heterocycles. The van der Waals surface area contributed by atoms with Crippen LogP contribution >= 0.6 is 24.0 Å². The molecule has 0 unspecified atom stereocenters. The van der Waals surface area contributed by atoms with Crippen molar-refractivity contribution in [3.05, 3.63) is 34.6 Å². The maximum Gasteiger partial charge on any atom is 0.141 e. The highest BCUT2D eigenvalue weighted by atomic mass is 35.5. The molecule has 1 heterocycles. The summed E-state index contributed by atoms with van der Waals surface area (Å²) in [4.78, 5) is 2.43. The topological polar surface area (TPSA) is 15.3 Å². The van der Waals surface area contributed by atoms with Gasteiger partial charge in [-0.25, -0.2) is 4.39 Å². The van der Waals surface area contributed by atoms with Crippen molar-refractivity contribution in [3.8, 4) is 0 Å². The van der Waals surface area contributed by atoms with Crippen molar-refractivity contribution in [2.45, 2.75) is 25.8 Å². The van der Waals surface area contributed by atoms with Crippen LogP contribution in [0.15, 0.2) is 18.2 Å². The summed E-state index contributed by atoms with van der Waals surface area (Å²) >= 11 is 5.81. The summed E-state index contributed by atoms with van der Waals surface area (Å²) in [7, 11) is 2.01. The van der Waals surface area contributed by atoms with Gasteiger partial charge in [0.15, 0.2) is 0 Å². The predicted octanol–water partition coefficient (Wildman–Crippen LogP) is 3.72. The second kappa shape index (κ2) is 8.83. The molecule has 2 rings (SSSR count). The number of rotatable bonds is 5. The molecule has 0 radical (unpaired) electrons. The van der Waals surface area contributed by atoms with Crippen molar-refractivity contribution in [2.75, 3.05) is 26.7 Å². The molecule has 20 heavy (non-hydrogen) atoms. The van der Waals surface area contributed by atoms with Crippen LogP contribution in [0.25, 0.3) is 0 Å². The first-order valence-electron chi connectivity index (χ1n) is 7.00. The Morgan fingerprint density at radius 1 is 1.35 bits per heavy atom. The molecule has 0 aliphatic carbocycles. The number of hydrogen-bond donors (Lipinski definition) is 1. The average molecular weight is 321 g/mol. The predicted molar refractivity (Wildman–Crippen MR) is 85.2 cm³/mol. The summed E-state index contributed by atoms with van der Waals surface area (Å²) in [6, 6.07) is 5.02. The van der Waals surface area contributed by atoms with E-state index in [1.165, 1.54) is 25.3 Å². The van der Waals surface area contributed by atoms with Gasteiger partial charge < -0.3 is 5.32 Å². The van der Waals surface area contributed by atoms with Gasteiger partial charge in [0.05, 0.1) is 5.02 Å². The lowest BCUT2D eigenvalue weighted by Gasteiger charge is -2.32. The average Bonchev–Trinajstić information content (AvgIpc) is 2.42. The van der Waals surface area contributed by atoms with E-state index in [4.69, 9.17) is 11.6 Å². The van der Waals surface area contributed by atoms with E-state index in [1.807, 2.05) is 13.1 Å². The Morgan fingerprint density at radius 3 is 2.65 bits per heavy atom. The lowest BCUT2D eigenvalue weighted by molar-refractivity contribution is 0.172. The highest BCUT2D eigenvalue weighted by molar-refractivity contribution is 6.30. The van der Waals surface area contributed by atoms with E-state index in [1.54, 1.807) is 6.07 Å². The molecule has 1 saturated heterocycles. The monoisotopic (exact) mass is 320 g/mol. The fourth-order valence-corrected chi connectivity index (χ4v) is 2.88. The molecule has 1 aromatic rings. The molecule has 1 N–H and O–H groups in total. The van der Waals surface area contributed by atoms with Crippen LogP contribution in [0.4, 0.5) is 4.39 Å². The maximum absolute atomic E-state index is 13.1. The van der Waals surface area contributed by atoms with Crippen LogP contribution < -0.4 is 5.32 Å². The second-order valence-corrected chi connectivity index (χ2v) is 5.77. The second-order valence-electron chi connectivity index (χ2n) is 5.36. The van der Waals surface area contributed by atoms with Crippen molar-refractivity contribution in [1.82, 2.24) is 10.2 Å². The number of nitrogens with zero attached hydrogens (tertiary/aromatic N) is 1. The summed E-state index contributed by atoms with van der Waals surface area (Å²) in [6.07, 6.45) is 3.79. The lowest BCUT2D eigenvalue weighted by Crippen LogP contribution is -2.34. The Bertz CT molecular complexity index is 407. The van der Waals surface area contributed by atoms with Gasteiger partial charge in [0.2, 0.25) is 0 Å². The highest BCUT2D eigenvalue weighted by Crippen LogP contribution is 2.23. The first kappa shape index (κ1) is 17.7. The number of likely N-dealkylation sites (tertiary alicyclic amines) is 1. The zero-order valence-electron chi connectivity index (χ0n) is 11.9. The molecule has 0 spiro atoms. The van der Waals surface area contributed by atoms with Gasteiger partial charge in [-0.2, -0.15) is 0 Å². The number of nitrogens with one attached hydrogen (secondary N) is 1. The Hall–Kier alpha value is -0.350. The molecule has 2 nitrogen and oxygen atoms in total. The number of hydrogen-bond acceptors (Lipinski definition) is 2. The lowest BCUT2D eigenvalue weighted by atomic mass is 9.93. The minimum atomic E-state index is -0.337. The van der Waals surface area contributed by atoms with Gasteiger partial charge in [-0.1, -0.05) is 17.7 Å². The highest BCUT2D eigenvalue weighted by Gasteiger charge is 2.18. The van der Waals surface area contributed by atoms with Gasteiger partial charge >= 0.3 is 0 Å². The van der Waals surface area contributed by atoms with Crippen LogP contribution in [-0.4, -0.2) is 31.6 Å². The first-order valence-corrected chi connectivity index (χ1v) is 7.37. The molecule has 0 aromatic heterocycles. The van der Waals surface area contributed by atoms with Crippen molar-refractivity contribution < 1.29 is 4.39 Å². The van der Waals surface area contributed by atoms with Gasteiger partial charge in [-0.15, -0.1) is 12.4 Å². The zero-order chi connectivity index (χ0) is 13.7. The van der Waals surface area contributed by atoms with Crippen LogP contribution in [0.5, 0.6) is 0 Å². The van der Waals surface area contributed by atoms with Crippen LogP contribution in [0, 0.1) is 11.7 Å². The molecule has 1 aromatic carbocycles. The Labute approximate surface area is 132 Å².